The first kappa shape index (κ1) is 13.3. The summed E-state index contributed by atoms with van der Waals surface area (Å²) >= 11 is 0. The second-order valence-corrected chi connectivity index (χ2v) is 7.05. The minimum Gasteiger partial charge on any atom is -0.318 e. The fourth-order valence-corrected chi connectivity index (χ4v) is 4.06. The first-order valence-corrected chi connectivity index (χ1v) is 8.37. The highest BCUT2D eigenvalue weighted by Crippen LogP contribution is 2.48. The summed E-state index contributed by atoms with van der Waals surface area (Å²) in [4.78, 5) is 15.1. The zero-order valence-electron chi connectivity index (χ0n) is 12.8. The first-order chi connectivity index (χ1) is 10.2. The summed E-state index contributed by atoms with van der Waals surface area (Å²) in [5.41, 5.74) is 2.30. The first-order valence-electron chi connectivity index (χ1n) is 8.37. The molecule has 1 heterocycles. The Morgan fingerprint density at radius 2 is 1.95 bits per heavy atom. The average Bonchev–Trinajstić information content (AvgIpc) is 3.22. The van der Waals surface area contributed by atoms with Gasteiger partial charge in [0.1, 0.15) is 11.7 Å². The Bertz CT molecular complexity index is 558. The van der Waals surface area contributed by atoms with E-state index in [4.69, 9.17) is 0 Å². The third-order valence-electron chi connectivity index (χ3n) is 5.41. The fraction of sp³-hybridized carbons (Fsp3) is 0.611. The van der Waals surface area contributed by atoms with Crippen molar-refractivity contribution in [2.75, 3.05) is 0 Å². The summed E-state index contributed by atoms with van der Waals surface area (Å²) in [5.74, 6) is 0.362. The Labute approximate surface area is 126 Å². The lowest BCUT2D eigenvalue weighted by Crippen LogP contribution is -2.41. The van der Waals surface area contributed by atoms with E-state index in [1.165, 1.54) is 43.2 Å². The van der Waals surface area contributed by atoms with Crippen molar-refractivity contribution in [2.45, 2.75) is 69.6 Å². The van der Waals surface area contributed by atoms with Crippen LogP contribution in [0.2, 0.25) is 0 Å². The lowest BCUT2D eigenvalue weighted by atomic mass is 9.93. The van der Waals surface area contributed by atoms with Crippen LogP contribution in [0.4, 0.5) is 0 Å². The van der Waals surface area contributed by atoms with Gasteiger partial charge in [-0.05, 0) is 38.2 Å². The third-order valence-corrected chi connectivity index (χ3v) is 5.41. The number of benzene rings is 1. The van der Waals surface area contributed by atoms with E-state index in [-0.39, 0.29) is 11.7 Å². The Kier molecular flexibility index (Phi) is 3.07. The van der Waals surface area contributed by atoms with Gasteiger partial charge in [0.2, 0.25) is 5.91 Å². The van der Waals surface area contributed by atoms with Crippen molar-refractivity contribution >= 4 is 5.91 Å². The van der Waals surface area contributed by atoms with Gasteiger partial charge in [-0.3, -0.25) is 10.1 Å². The summed E-state index contributed by atoms with van der Waals surface area (Å²) in [7, 11) is 0. The second kappa shape index (κ2) is 4.84. The van der Waals surface area contributed by atoms with Crippen molar-refractivity contribution in [3.63, 3.8) is 0 Å². The average molecular weight is 284 g/mol. The van der Waals surface area contributed by atoms with Gasteiger partial charge in [0.05, 0.1) is 0 Å². The molecule has 1 atom stereocenters. The van der Waals surface area contributed by atoms with Crippen LogP contribution in [0.5, 0.6) is 0 Å². The fourth-order valence-electron chi connectivity index (χ4n) is 4.06. The minimum absolute atomic E-state index is 0.0861. The van der Waals surface area contributed by atoms with Crippen LogP contribution >= 0.6 is 0 Å². The van der Waals surface area contributed by atoms with E-state index in [2.05, 4.69) is 41.4 Å². The number of hydrogen-bond acceptors (Lipinski definition) is 2. The van der Waals surface area contributed by atoms with Gasteiger partial charge in [-0.15, -0.1) is 0 Å². The van der Waals surface area contributed by atoms with Crippen LogP contribution in [-0.2, 0) is 4.79 Å². The van der Waals surface area contributed by atoms with Crippen molar-refractivity contribution in [2.24, 2.45) is 0 Å². The molecule has 1 aromatic carbocycles. The van der Waals surface area contributed by atoms with Crippen LogP contribution in [0, 0.1) is 6.92 Å². The molecule has 1 amide bonds. The lowest BCUT2D eigenvalue weighted by Gasteiger charge is -2.35. The maximum Gasteiger partial charge on any atom is 0.244 e. The number of hydrogen-bond donors (Lipinski definition) is 1. The maximum absolute atomic E-state index is 12.9. The zero-order valence-corrected chi connectivity index (χ0v) is 12.8. The predicted octanol–water partition coefficient (Wildman–Crippen LogP) is 3.29. The molecular weight excluding hydrogens is 260 g/mol. The molecule has 1 spiro atoms. The molecule has 3 aliphatic rings. The molecule has 4 rings (SSSR count). The van der Waals surface area contributed by atoms with Gasteiger partial charge in [-0.25, -0.2) is 0 Å². The number of nitrogens with one attached hydrogen (secondary N) is 1. The Hall–Kier alpha value is -1.35. The number of carbonyl (C=O) groups is 1. The molecule has 1 aliphatic heterocycles. The van der Waals surface area contributed by atoms with Gasteiger partial charge in [0, 0.05) is 6.04 Å². The molecule has 3 heteroatoms. The molecule has 21 heavy (non-hydrogen) atoms. The maximum atomic E-state index is 12.9. The molecule has 0 bridgehead atoms. The van der Waals surface area contributed by atoms with E-state index in [9.17, 15) is 4.79 Å². The summed E-state index contributed by atoms with van der Waals surface area (Å²) in [6, 6.07) is 9.05. The highest BCUT2D eigenvalue weighted by molar-refractivity contribution is 5.92. The molecule has 1 aromatic rings. The van der Waals surface area contributed by atoms with Crippen LogP contribution in [0.1, 0.15) is 62.2 Å². The van der Waals surface area contributed by atoms with E-state index >= 15 is 0 Å². The lowest BCUT2D eigenvalue weighted by molar-refractivity contribution is -0.133. The zero-order chi connectivity index (χ0) is 14.4. The van der Waals surface area contributed by atoms with E-state index in [1.807, 2.05) is 0 Å². The molecule has 1 N–H and O–H groups in total. The molecule has 0 radical (unpaired) electrons. The highest BCUT2D eigenvalue weighted by Gasteiger charge is 2.60. The Morgan fingerprint density at radius 1 is 1.19 bits per heavy atom. The van der Waals surface area contributed by atoms with Gasteiger partial charge in [-0.1, -0.05) is 49.1 Å². The summed E-state index contributed by atoms with van der Waals surface area (Å²) in [5, 5.41) is 3.66. The largest absolute Gasteiger partial charge is 0.318 e. The molecule has 3 fully saturated rings. The van der Waals surface area contributed by atoms with Crippen LogP contribution in [0.25, 0.3) is 0 Å². The summed E-state index contributed by atoms with van der Waals surface area (Å²) < 4.78 is 0. The monoisotopic (exact) mass is 284 g/mol. The van der Waals surface area contributed by atoms with E-state index in [0.717, 1.165) is 12.8 Å². The van der Waals surface area contributed by atoms with Crippen molar-refractivity contribution in [1.29, 1.82) is 0 Å². The minimum atomic E-state index is -0.216. The number of nitrogens with zero attached hydrogens (tertiary/aromatic N) is 1. The molecule has 2 saturated carbocycles. The molecule has 1 unspecified atom stereocenters. The molecule has 3 nitrogen and oxygen atoms in total. The van der Waals surface area contributed by atoms with Gasteiger partial charge < -0.3 is 4.90 Å². The van der Waals surface area contributed by atoms with Gasteiger partial charge in [0.25, 0.3) is 0 Å². The molecule has 112 valence electrons. The van der Waals surface area contributed by atoms with E-state index in [1.54, 1.807) is 0 Å². The molecule has 0 aromatic heterocycles. The second-order valence-electron chi connectivity index (χ2n) is 7.05. The van der Waals surface area contributed by atoms with Crippen molar-refractivity contribution in [3.8, 4) is 0 Å². The molecule has 1 saturated heterocycles. The van der Waals surface area contributed by atoms with E-state index < -0.39 is 0 Å². The molecular formula is C18H24N2O. The van der Waals surface area contributed by atoms with Crippen molar-refractivity contribution < 1.29 is 4.79 Å². The van der Waals surface area contributed by atoms with Crippen LogP contribution in [0.3, 0.4) is 0 Å². The van der Waals surface area contributed by atoms with E-state index in [0.29, 0.717) is 11.9 Å². The third kappa shape index (κ3) is 2.18. The number of amides is 1. The van der Waals surface area contributed by atoms with Crippen LogP contribution < -0.4 is 5.32 Å². The number of carbonyl (C=O) groups excluding carboxylic acids is 1. The number of rotatable bonds is 2. The van der Waals surface area contributed by atoms with Gasteiger partial charge >= 0.3 is 0 Å². The normalized spacial score (nSPS) is 28.3. The quantitative estimate of drug-likeness (QED) is 0.904. The highest BCUT2D eigenvalue weighted by atomic mass is 16.2. The smallest absolute Gasteiger partial charge is 0.244 e. The summed E-state index contributed by atoms with van der Waals surface area (Å²) in [6.07, 6.45) is 8.31. The topological polar surface area (TPSA) is 32.3 Å². The summed E-state index contributed by atoms with van der Waals surface area (Å²) in [6.45, 7) is 2.12. The number of aryl methyl sites for hydroxylation is 1. The Balaban J connectivity index is 1.68. The Morgan fingerprint density at radius 3 is 2.62 bits per heavy atom. The van der Waals surface area contributed by atoms with Crippen LogP contribution in [-0.4, -0.2) is 22.4 Å². The van der Waals surface area contributed by atoms with Gasteiger partial charge in [0.15, 0.2) is 0 Å². The van der Waals surface area contributed by atoms with Crippen molar-refractivity contribution in [3.05, 3.63) is 35.4 Å². The van der Waals surface area contributed by atoms with Crippen LogP contribution in [0.15, 0.2) is 24.3 Å². The van der Waals surface area contributed by atoms with Gasteiger partial charge in [-0.2, -0.15) is 0 Å². The molecule has 2 aliphatic carbocycles. The predicted molar refractivity (Wildman–Crippen MR) is 82.7 cm³/mol. The van der Waals surface area contributed by atoms with Crippen molar-refractivity contribution in [1.82, 2.24) is 10.2 Å². The standard InChI is InChI=1S/C18H24N2O/c1-13-6-5-7-14(12-13)16-19-18(10-11-18)17(21)20(16)15-8-3-2-4-9-15/h5-7,12,15-16,19H,2-4,8-11H2,1H3. The SMILES string of the molecule is Cc1cccc(C2NC3(CC3)C(=O)N2C2CCCCC2)c1.